The number of carbonyl (C=O) groups excluding carboxylic acids is 4. The molecule has 0 atom stereocenters. The van der Waals surface area contributed by atoms with Crippen molar-refractivity contribution >= 4 is 29.5 Å². The molecular weight excluding hydrogens is 398 g/mol. The quantitative estimate of drug-likeness (QED) is 0.397. The van der Waals surface area contributed by atoms with Crippen LogP contribution in [-0.2, 0) is 38.1 Å². The van der Waals surface area contributed by atoms with Crippen LogP contribution in [0.15, 0.2) is 64.1 Å². The van der Waals surface area contributed by atoms with E-state index in [9.17, 15) is 24.3 Å². The molecule has 0 unspecified atom stereocenters. The number of hydrogen-bond acceptors (Lipinski definition) is 9. The molecule has 2 N–H and O–H groups in total. The Kier molecular flexibility index (Phi) is 6.97. The van der Waals surface area contributed by atoms with E-state index >= 15 is 0 Å². The molecule has 10 nitrogen and oxygen atoms in total. The second kappa shape index (κ2) is 9.41. The summed E-state index contributed by atoms with van der Waals surface area (Å²) < 4.78 is 18.8. The molecule has 0 saturated heterocycles. The zero-order valence-electron chi connectivity index (χ0n) is 16.6. The average molecular weight is 417 g/mol. The topological polar surface area (TPSA) is 137 Å². The Morgan fingerprint density at radius 1 is 0.700 bits per heavy atom. The smallest absolute Gasteiger partial charge is 0.339 e. The zero-order chi connectivity index (χ0) is 22.4. The SMILES string of the molecule is COC(=O)C1=C(C(=O)Nc2ccccc2)/C(=C(/O)OC)C(C(=O)OC)=C1C(=O)OC. The van der Waals surface area contributed by atoms with Crippen LogP contribution >= 0.6 is 0 Å². The van der Waals surface area contributed by atoms with Crippen molar-refractivity contribution in [3.8, 4) is 0 Å². The Hall–Kier alpha value is -4.08. The molecule has 0 saturated carbocycles. The summed E-state index contributed by atoms with van der Waals surface area (Å²) in [7, 11) is 4.12. The lowest BCUT2D eigenvalue weighted by Gasteiger charge is -2.12. The van der Waals surface area contributed by atoms with Gasteiger partial charge in [-0.15, -0.1) is 0 Å². The van der Waals surface area contributed by atoms with Crippen LogP contribution in [0.25, 0.3) is 0 Å². The van der Waals surface area contributed by atoms with Crippen molar-refractivity contribution in [1.82, 2.24) is 0 Å². The number of anilines is 1. The number of esters is 3. The lowest BCUT2D eigenvalue weighted by molar-refractivity contribution is -0.140. The lowest BCUT2D eigenvalue weighted by atomic mass is 10.0. The summed E-state index contributed by atoms with van der Waals surface area (Å²) in [6.45, 7) is 0. The highest BCUT2D eigenvalue weighted by molar-refractivity contribution is 6.25. The fourth-order valence-corrected chi connectivity index (χ4v) is 2.80. The van der Waals surface area contributed by atoms with E-state index < -0.39 is 57.6 Å². The third-order valence-electron chi connectivity index (χ3n) is 4.08. The summed E-state index contributed by atoms with van der Waals surface area (Å²) in [5.74, 6) is -5.17. The van der Waals surface area contributed by atoms with Crippen molar-refractivity contribution in [3.05, 3.63) is 64.1 Å². The van der Waals surface area contributed by atoms with E-state index in [0.717, 1.165) is 28.4 Å². The highest BCUT2D eigenvalue weighted by Gasteiger charge is 2.46. The number of aliphatic hydroxyl groups excluding tert-OH is 1. The van der Waals surface area contributed by atoms with Crippen molar-refractivity contribution in [2.75, 3.05) is 33.8 Å². The minimum Gasteiger partial charge on any atom is -0.481 e. The summed E-state index contributed by atoms with van der Waals surface area (Å²) in [5, 5.41) is 12.8. The Balaban J connectivity index is 2.85. The van der Waals surface area contributed by atoms with E-state index in [2.05, 4.69) is 14.8 Å². The molecule has 30 heavy (non-hydrogen) atoms. The van der Waals surface area contributed by atoms with Crippen LogP contribution in [0, 0.1) is 0 Å². The molecule has 0 aliphatic heterocycles. The molecule has 158 valence electrons. The Labute approximate surface area is 171 Å². The van der Waals surface area contributed by atoms with Gasteiger partial charge in [0.25, 0.3) is 11.9 Å². The van der Waals surface area contributed by atoms with Crippen LogP contribution in [-0.4, -0.2) is 57.4 Å². The molecule has 0 bridgehead atoms. The highest BCUT2D eigenvalue weighted by atomic mass is 16.6. The van der Waals surface area contributed by atoms with Crippen LogP contribution in [0.1, 0.15) is 0 Å². The maximum Gasteiger partial charge on any atom is 0.339 e. The van der Waals surface area contributed by atoms with Crippen molar-refractivity contribution < 1.29 is 43.2 Å². The molecule has 2 rings (SSSR count). The molecule has 0 spiro atoms. The number of para-hydroxylation sites is 1. The highest BCUT2D eigenvalue weighted by Crippen LogP contribution is 2.41. The van der Waals surface area contributed by atoms with E-state index in [0.29, 0.717) is 5.69 Å². The summed E-state index contributed by atoms with van der Waals surface area (Å²) in [5.41, 5.74) is -2.46. The predicted molar refractivity (Wildman–Crippen MR) is 102 cm³/mol. The Bertz CT molecular complexity index is 987. The third-order valence-corrected chi connectivity index (χ3v) is 4.08. The molecule has 0 aromatic heterocycles. The van der Waals surface area contributed by atoms with Crippen LogP contribution in [0.2, 0.25) is 0 Å². The summed E-state index contributed by atoms with van der Waals surface area (Å²) in [6, 6.07) is 8.17. The van der Waals surface area contributed by atoms with E-state index in [1.165, 1.54) is 0 Å². The number of aliphatic hydroxyl groups is 1. The number of methoxy groups -OCH3 is 4. The maximum atomic E-state index is 13.1. The lowest BCUT2D eigenvalue weighted by Crippen LogP contribution is -2.21. The van der Waals surface area contributed by atoms with Gasteiger partial charge in [-0.2, -0.15) is 0 Å². The molecule has 1 aromatic carbocycles. The standard InChI is InChI=1S/C20H19NO9/c1-27-17(23)12-11(16(22)21-10-8-6-5-7-9-10)13(18(24)28-2)15(20(26)30-4)14(12)19(25)29-3/h5-9,23H,1-4H3,(H,21,22)/b17-12+. The van der Waals surface area contributed by atoms with Gasteiger partial charge in [0.15, 0.2) is 0 Å². The van der Waals surface area contributed by atoms with Gasteiger partial charge < -0.3 is 29.4 Å². The molecule has 0 fully saturated rings. The Morgan fingerprint density at radius 3 is 1.63 bits per heavy atom. The number of nitrogens with one attached hydrogen (secondary N) is 1. The van der Waals surface area contributed by atoms with Gasteiger partial charge in [0.2, 0.25) is 0 Å². The molecule has 10 heteroatoms. The van der Waals surface area contributed by atoms with Gasteiger partial charge in [-0.1, -0.05) is 18.2 Å². The first-order valence-corrected chi connectivity index (χ1v) is 8.40. The zero-order valence-corrected chi connectivity index (χ0v) is 16.6. The third kappa shape index (κ3) is 4.02. The van der Waals surface area contributed by atoms with Gasteiger partial charge in [0, 0.05) is 5.69 Å². The predicted octanol–water partition coefficient (Wildman–Crippen LogP) is 1.17. The molecule has 0 heterocycles. The second-order valence-electron chi connectivity index (χ2n) is 5.68. The minimum absolute atomic E-state index is 0.349. The van der Waals surface area contributed by atoms with Gasteiger partial charge in [0.05, 0.1) is 56.3 Å². The van der Waals surface area contributed by atoms with E-state index in [-0.39, 0.29) is 0 Å². The summed E-state index contributed by atoms with van der Waals surface area (Å²) in [6.07, 6.45) is 0. The minimum atomic E-state index is -1.13. The molecule has 1 aliphatic carbocycles. The van der Waals surface area contributed by atoms with E-state index in [4.69, 9.17) is 9.47 Å². The van der Waals surface area contributed by atoms with Crippen LogP contribution in [0.3, 0.4) is 0 Å². The molecule has 0 radical (unpaired) electrons. The summed E-state index contributed by atoms with van der Waals surface area (Å²) in [4.78, 5) is 50.5. The monoisotopic (exact) mass is 417 g/mol. The largest absolute Gasteiger partial charge is 0.481 e. The van der Waals surface area contributed by atoms with Crippen molar-refractivity contribution in [1.29, 1.82) is 0 Å². The number of amides is 1. The average Bonchev–Trinajstić information content (AvgIpc) is 3.13. The van der Waals surface area contributed by atoms with Gasteiger partial charge in [-0.3, -0.25) is 4.79 Å². The number of hydrogen-bond donors (Lipinski definition) is 2. The van der Waals surface area contributed by atoms with Gasteiger partial charge >= 0.3 is 17.9 Å². The summed E-state index contributed by atoms with van der Waals surface area (Å²) >= 11 is 0. The first-order chi connectivity index (χ1) is 14.3. The van der Waals surface area contributed by atoms with Gasteiger partial charge in [0.1, 0.15) is 0 Å². The molecule has 1 amide bonds. The fraction of sp³-hybridized carbons (Fsp3) is 0.200. The van der Waals surface area contributed by atoms with Crippen LogP contribution < -0.4 is 5.32 Å². The van der Waals surface area contributed by atoms with E-state index in [1.54, 1.807) is 30.3 Å². The van der Waals surface area contributed by atoms with E-state index in [1.807, 2.05) is 0 Å². The van der Waals surface area contributed by atoms with Crippen molar-refractivity contribution in [2.45, 2.75) is 0 Å². The second-order valence-corrected chi connectivity index (χ2v) is 5.68. The molecule has 1 aliphatic rings. The Morgan fingerprint density at radius 2 is 1.17 bits per heavy atom. The normalized spacial score (nSPS) is 14.8. The molecular formula is C20H19NO9. The first-order valence-electron chi connectivity index (χ1n) is 8.40. The maximum absolute atomic E-state index is 13.1. The van der Waals surface area contributed by atoms with Crippen molar-refractivity contribution in [2.24, 2.45) is 0 Å². The number of ether oxygens (including phenoxy) is 4. The van der Waals surface area contributed by atoms with Crippen molar-refractivity contribution in [3.63, 3.8) is 0 Å². The molecule has 1 aromatic rings. The first kappa shape index (κ1) is 22.2. The number of benzene rings is 1. The fourth-order valence-electron chi connectivity index (χ4n) is 2.80. The number of rotatable bonds is 6. The van der Waals surface area contributed by atoms with Gasteiger partial charge in [-0.05, 0) is 12.1 Å². The van der Waals surface area contributed by atoms with Gasteiger partial charge in [-0.25, -0.2) is 14.4 Å². The van der Waals surface area contributed by atoms with Crippen LogP contribution in [0.4, 0.5) is 5.69 Å². The number of carbonyl (C=O) groups is 4. The van der Waals surface area contributed by atoms with Crippen LogP contribution in [0.5, 0.6) is 0 Å².